The van der Waals surface area contributed by atoms with E-state index in [1.165, 1.54) is 0 Å². The number of aromatic nitrogens is 4. The molecule has 0 aliphatic heterocycles. The third-order valence-electron chi connectivity index (χ3n) is 9.67. The summed E-state index contributed by atoms with van der Waals surface area (Å²) in [6.07, 6.45) is 0. The number of aromatic hydroxyl groups is 4. The van der Waals surface area contributed by atoms with E-state index < -0.39 is 23.0 Å². The Hall–Kier alpha value is -6.97. The summed E-state index contributed by atoms with van der Waals surface area (Å²) in [5, 5.41) is 49.7. The minimum Gasteiger partial charge on any atom is -0.504 e. The van der Waals surface area contributed by atoms with Gasteiger partial charge in [-0.1, -0.05) is 133 Å². The lowest BCUT2D eigenvalue weighted by atomic mass is 9.97. The van der Waals surface area contributed by atoms with Crippen LogP contribution in [0.2, 0.25) is 0 Å². The molecule has 9 heteroatoms. The number of hydrogen-bond donors (Lipinski definition) is 4. The Bertz CT molecular complexity index is 2990. The van der Waals surface area contributed by atoms with Crippen molar-refractivity contribution in [3.05, 3.63) is 133 Å². The molecule has 7 aromatic carbocycles. The second-order valence-corrected chi connectivity index (χ2v) is 13.6. The molecular formula is C43H26N4O4S. The average Bonchev–Trinajstić information content (AvgIpc) is 3.78. The molecule has 3 heterocycles. The predicted octanol–water partition coefficient (Wildman–Crippen LogP) is 10.3. The Kier molecular flexibility index (Phi) is 6.48. The van der Waals surface area contributed by atoms with E-state index in [0.717, 1.165) is 53.2 Å². The van der Waals surface area contributed by atoms with Gasteiger partial charge in [0.15, 0.2) is 23.1 Å². The minimum absolute atomic E-state index is 0.0447. The van der Waals surface area contributed by atoms with Crippen LogP contribution >= 0.6 is 11.3 Å². The lowest BCUT2D eigenvalue weighted by Gasteiger charge is -2.13. The summed E-state index contributed by atoms with van der Waals surface area (Å²) in [6.45, 7) is 0. The number of benzene rings is 7. The number of hydrogen-bond acceptors (Lipinski definition) is 8. The number of rotatable bonds is 4. The predicted molar refractivity (Wildman–Crippen MR) is 208 cm³/mol. The maximum atomic E-state index is 11.8. The maximum Gasteiger partial charge on any atom is 0.238 e. The van der Waals surface area contributed by atoms with Crippen LogP contribution in [0.1, 0.15) is 0 Å². The summed E-state index contributed by atoms with van der Waals surface area (Å²) < 4.78 is 3.73. The zero-order chi connectivity index (χ0) is 35.1. The number of phenols is 4. The van der Waals surface area contributed by atoms with Crippen molar-refractivity contribution in [2.24, 2.45) is 0 Å². The third-order valence-corrected chi connectivity index (χ3v) is 10.9. The van der Waals surface area contributed by atoms with E-state index in [1.54, 1.807) is 15.9 Å². The lowest BCUT2D eigenvalue weighted by Crippen LogP contribution is -2.06. The van der Waals surface area contributed by atoms with Gasteiger partial charge in [-0.3, -0.25) is 4.57 Å². The second kappa shape index (κ2) is 11.3. The summed E-state index contributed by atoms with van der Waals surface area (Å²) >= 11 is 1.67. The molecule has 0 saturated heterocycles. The van der Waals surface area contributed by atoms with Gasteiger partial charge in [0.1, 0.15) is 5.52 Å². The highest BCUT2D eigenvalue weighted by Gasteiger charge is 2.31. The molecule has 0 bridgehead atoms. The molecule has 248 valence electrons. The van der Waals surface area contributed by atoms with Crippen molar-refractivity contribution >= 4 is 64.1 Å². The van der Waals surface area contributed by atoms with Crippen LogP contribution < -0.4 is 0 Å². The zero-order valence-electron chi connectivity index (χ0n) is 27.2. The van der Waals surface area contributed by atoms with Gasteiger partial charge in [0.2, 0.25) is 17.4 Å². The van der Waals surface area contributed by atoms with Gasteiger partial charge in [-0.25, -0.2) is 4.98 Å². The Labute approximate surface area is 299 Å². The van der Waals surface area contributed by atoms with Crippen molar-refractivity contribution in [2.45, 2.75) is 0 Å². The van der Waals surface area contributed by atoms with E-state index in [-0.39, 0.29) is 16.9 Å². The van der Waals surface area contributed by atoms with Gasteiger partial charge >= 0.3 is 0 Å². The molecule has 0 atom stereocenters. The molecule has 10 aromatic rings. The Morgan fingerprint density at radius 1 is 0.404 bits per heavy atom. The molecule has 8 nitrogen and oxygen atoms in total. The smallest absolute Gasteiger partial charge is 0.238 e. The van der Waals surface area contributed by atoms with Gasteiger partial charge in [-0.05, 0) is 16.5 Å². The topological polar surface area (TPSA) is 125 Å². The largest absolute Gasteiger partial charge is 0.504 e. The zero-order valence-corrected chi connectivity index (χ0v) is 28.0. The molecule has 0 spiro atoms. The number of phenolic OH excluding ortho intramolecular Hbond substituents is 4. The molecule has 52 heavy (non-hydrogen) atoms. The van der Waals surface area contributed by atoms with Crippen molar-refractivity contribution in [1.82, 2.24) is 19.5 Å². The molecular weight excluding hydrogens is 669 g/mol. The number of nitrogens with zero attached hydrogens (tertiary/aromatic N) is 4. The fourth-order valence-electron chi connectivity index (χ4n) is 7.37. The summed E-state index contributed by atoms with van der Waals surface area (Å²) in [4.78, 5) is 14.9. The van der Waals surface area contributed by atoms with E-state index in [9.17, 15) is 20.4 Å². The van der Waals surface area contributed by atoms with Crippen LogP contribution in [0.4, 0.5) is 0 Å². The molecule has 0 fully saturated rings. The quantitative estimate of drug-likeness (QED) is 0.107. The van der Waals surface area contributed by atoms with Crippen molar-refractivity contribution < 1.29 is 20.4 Å². The van der Waals surface area contributed by atoms with Gasteiger partial charge in [0.05, 0.1) is 10.9 Å². The second-order valence-electron chi connectivity index (χ2n) is 12.6. The Morgan fingerprint density at radius 3 is 1.58 bits per heavy atom. The van der Waals surface area contributed by atoms with E-state index in [0.29, 0.717) is 22.6 Å². The van der Waals surface area contributed by atoms with Crippen LogP contribution in [0.25, 0.3) is 92.6 Å². The number of fused-ring (bicyclic) bond motifs is 10. The lowest BCUT2D eigenvalue weighted by molar-refractivity contribution is 0.350. The van der Waals surface area contributed by atoms with Gasteiger partial charge < -0.3 is 20.4 Å². The molecule has 0 aliphatic carbocycles. The van der Waals surface area contributed by atoms with Crippen LogP contribution in [0.5, 0.6) is 23.0 Å². The fourth-order valence-corrected chi connectivity index (χ4v) is 8.74. The Morgan fingerprint density at radius 2 is 0.942 bits per heavy atom. The molecule has 0 amide bonds. The van der Waals surface area contributed by atoms with Crippen LogP contribution in [0.3, 0.4) is 0 Å². The van der Waals surface area contributed by atoms with Crippen molar-refractivity contribution in [2.75, 3.05) is 0 Å². The van der Waals surface area contributed by atoms with Gasteiger partial charge in [-0.2, -0.15) is 9.97 Å². The molecule has 0 saturated carbocycles. The minimum atomic E-state index is -0.850. The van der Waals surface area contributed by atoms with Crippen LogP contribution in [-0.4, -0.2) is 39.9 Å². The van der Waals surface area contributed by atoms with Crippen molar-refractivity contribution in [1.29, 1.82) is 0 Å². The van der Waals surface area contributed by atoms with Gasteiger partial charge in [-0.15, -0.1) is 11.3 Å². The monoisotopic (exact) mass is 694 g/mol. The maximum absolute atomic E-state index is 11.8. The van der Waals surface area contributed by atoms with E-state index >= 15 is 0 Å². The summed E-state index contributed by atoms with van der Waals surface area (Å²) in [7, 11) is 0. The van der Waals surface area contributed by atoms with Crippen molar-refractivity contribution in [3.8, 4) is 62.8 Å². The molecule has 3 aromatic heterocycles. The third kappa shape index (κ3) is 4.23. The SMILES string of the molecule is Oc1c(O)c(O)c2c(c1O)c1c3ccccc3c3sc4c(-c5ccccc5)cccc4c3c1n2-c1nc(-c2ccccc2)nc(-c2ccccc2)n1. The Balaban J connectivity index is 1.47. The molecule has 0 unspecified atom stereocenters. The first-order valence-electron chi connectivity index (χ1n) is 16.6. The van der Waals surface area contributed by atoms with E-state index in [2.05, 4.69) is 24.3 Å². The van der Waals surface area contributed by atoms with Crippen LogP contribution in [-0.2, 0) is 0 Å². The normalized spacial score (nSPS) is 11.8. The van der Waals surface area contributed by atoms with Crippen LogP contribution in [0, 0.1) is 0 Å². The highest BCUT2D eigenvalue weighted by Crippen LogP contribution is 2.56. The first kappa shape index (κ1) is 29.9. The standard InChI is InChI=1S/C43H26N4O4S/c48-35-32-30-27-19-10-11-20-28(27)40-31(29-22-12-21-26(39(29)52-40)23-13-4-1-5-14-23)33(30)47(34(32)36(49)38(51)37(35)50)43-45-41(24-15-6-2-7-16-24)44-42(46-43)25-17-8-3-9-18-25/h1-22,48-51H. The summed E-state index contributed by atoms with van der Waals surface area (Å²) in [6, 6.07) is 43.4. The molecule has 0 aliphatic rings. The van der Waals surface area contributed by atoms with E-state index in [1.807, 2.05) is 109 Å². The first-order chi connectivity index (χ1) is 25.5. The van der Waals surface area contributed by atoms with Gasteiger partial charge in [0, 0.05) is 42.1 Å². The van der Waals surface area contributed by atoms with Crippen molar-refractivity contribution in [3.63, 3.8) is 0 Å². The first-order valence-corrected chi connectivity index (χ1v) is 17.4. The average molecular weight is 695 g/mol. The van der Waals surface area contributed by atoms with Crippen LogP contribution in [0.15, 0.2) is 133 Å². The highest BCUT2D eigenvalue weighted by molar-refractivity contribution is 7.27. The summed E-state index contributed by atoms with van der Waals surface area (Å²) in [5.41, 5.74) is 4.28. The molecule has 10 rings (SSSR count). The van der Waals surface area contributed by atoms with E-state index in [4.69, 9.17) is 15.0 Å². The molecule has 0 radical (unpaired) electrons. The summed E-state index contributed by atoms with van der Waals surface area (Å²) in [5.74, 6) is -1.91. The highest BCUT2D eigenvalue weighted by atomic mass is 32.1. The fraction of sp³-hybridized carbons (Fsp3) is 0. The van der Waals surface area contributed by atoms with Gasteiger partial charge in [0.25, 0.3) is 0 Å². The molecule has 4 N–H and O–H groups in total. The number of thiophene rings is 1.